The van der Waals surface area contributed by atoms with Crippen LogP contribution in [0.3, 0.4) is 0 Å². The van der Waals surface area contributed by atoms with E-state index in [1.54, 1.807) is 0 Å². The Morgan fingerprint density at radius 3 is 2.16 bits per heavy atom. The molecule has 0 saturated carbocycles. The molecular weight excluding hydrogens is 246 g/mol. The molecule has 5 heteroatoms. The quantitative estimate of drug-likeness (QED) is 0.914. The third kappa shape index (κ3) is 2.16. The molecule has 0 atom stereocenters. The van der Waals surface area contributed by atoms with Crippen LogP contribution in [0.25, 0.3) is 11.5 Å². The zero-order valence-electron chi connectivity index (χ0n) is 11.7. The Morgan fingerprint density at radius 1 is 1.16 bits per heavy atom. The molecule has 19 heavy (non-hydrogen) atoms. The summed E-state index contributed by atoms with van der Waals surface area (Å²) in [6, 6.07) is 0. The molecule has 2 aromatic rings. The van der Waals surface area contributed by atoms with Gasteiger partial charge in [-0.05, 0) is 26.7 Å². The van der Waals surface area contributed by atoms with Gasteiger partial charge in [-0.15, -0.1) is 0 Å². The molecule has 1 N–H and O–H groups in total. The summed E-state index contributed by atoms with van der Waals surface area (Å²) in [4.78, 5) is 15.5. The van der Waals surface area contributed by atoms with Crippen LogP contribution in [0.5, 0.6) is 0 Å². The van der Waals surface area contributed by atoms with E-state index in [-0.39, 0.29) is 11.7 Å². The molecule has 0 bridgehead atoms. The van der Waals surface area contributed by atoms with Crippen LogP contribution in [0.4, 0.5) is 0 Å². The molecule has 0 amide bonds. The number of carboxylic acid groups (broad SMARTS) is 1. The first kappa shape index (κ1) is 13.4. The molecule has 2 rings (SSSR count). The Balaban J connectivity index is 2.64. The SMILES string of the molecule is Cc1oc(C)c(-c2nc(C(C)C)c(C(=O)O)o2)c1C. The molecule has 0 aromatic carbocycles. The number of oxazole rings is 1. The second kappa shape index (κ2) is 4.57. The second-order valence-electron chi connectivity index (χ2n) is 4.91. The van der Waals surface area contributed by atoms with E-state index in [1.807, 2.05) is 34.6 Å². The maximum atomic E-state index is 11.2. The van der Waals surface area contributed by atoms with Crippen LogP contribution in [-0.4, -0.2) is 16.1 Å². The Kier molecular flexibility index (Phi) is 3.22. The van der Waals surface area contributed by atoms with Gasteiger partial charge in [0, 0.05) is 5.56 Å². The molecule has 102 valence electrons. The highest BCUT2D eigenvalue weighted by Gasteiger charge is 2.25. The minimum atomic E-state index is -1.10. The van der Waals surface area contributed by atoms with Crippen molar-refractivity contribution in [1.82, 2.24) is 4.98 Å². The van der Waals surface area contributed by atoms with E-state index in [0.29, 0.717) is 17.3 Å². The Labute approximate surface area is 111 Å². The van der Waals surface area contributed by atoms with Gasteiger partial charge in [0.15, 0.2) is 0 Å². The third-order valence-electron chi connectivity index (χ3n) is 3.17. The smallest absolute Gasteiger partial charge is 0.373 e. The maximum absolute atomic E-state index is 11.2. The van der Waals surface area contributed by atoms with E-state index < -0.39 is 5.97 Å². The Hall–Kier alpha value is -2.04. The fraction of sp³-hybridized carbons (Fsp3) is 0.429. The molecule has 0 spiro atoms. The van der Waals surface area contributed by atoms with Gasteiger partial charge in [-0.1, -0.05) is 13.8 Å². The fourth-order valence-electron chi connectivity index (χ4n) is 2.09. The first-order valence-electron chi connectivity index (χ1n) is 6.13. The largest absolute Gasteiger partial charge is 0.475 e. The van der Waals surface area contributed by atoms with Gasteiger partial charge in [-0.3, -0.25) is 0 Å². The zero-order valence-corrected chi connectivity index (χ0v) is 11.7. The lowest BCUT2D eigenvalue weighted by molar-refractivity contribution is 0.0661. The van der Waals surface area contributed by atoms with Crippen molar-refractivity contribution in [2.75, 3.05) is 0 Å². The molecule has 0 aliphatic carbocycles. The van der Waals surface area contributed by atoms with Crippen LogP contribution in [-0.2, 0) is 0 Å². The number of rotatable bonds is 3. The van der Waals surface area contributed by atoms with Crippen LogP contribution >= 0.6 is 0 Å². The minimum absolute atomic E-state index is 0.0165. The normalized spacial score (nSPS) is 11.3. The van der Waals surface area contributed by atoms with Gasteiger partial charge < -0.3 is 13.9 Å². The Bertz CT molecular complexity index is 634. The van der Waals surface area contributed by atoms with Crippen molar-refractivity contribution in [2.24, 2.45) is 0 Å². The number of nitrogens with zero attached hydrogens (tertiary/aromatic N) is 1. The summed E-state index contributed by atoms with van der Waals surface area (Å²) in [5.41, 5.74) is 2.12. The summed E-state index contributed by atoms with van der Waals surface area (Å²) < 4.78 is 11.0. The number of carboxylic acids is 1. The van der Waals surface area contributed by atoms with E-state index in [0.717, 1.165) is 16.9 Å². The van der Waals surface area contributed by atoms with E-state index in [9.17, 15) is 4.79 Å². The van der Waals surface area contributed by atoms with Crippen LogP contribution in [0.2, 0.25) is 0 Å². The molecule has 0 aliphatic rings. The van der Waals surface area contributed by atoms with Gasteiger partial charge in [-0.25, -0.2) is 9.78 Å². The molecule has 2 heterocycles. The lowest BCUT2D eigenvalue weighted by Crippen LogP contribution is -2.01. The van der Waals surface area contributed by atoms with E-state index >= 15 is 0 Å². The van der Waals surface area contributed by atoms with Crippen LogP contribution in [0.1, 0.15) is 53.1 Å². The average Bonchev–Trinajstić information content (AvgIpc) is 2.82. The van der Waals surface area contributed by atoms with Crippen LogP contribution in [0.15, 0.2) is 8.83 Å². The minimum Gasteiger partial charge on any atom is -0.475 e. The summed E-state index contributed by atoms with van der Waals surface area (Å²) in [5.74, 6) is 0.572. The van der Waals surface area contributed by atoms with Crippen molar-refractivity contribution < 1.29 is 18.7 Å². The number of hydrogen-bond donors (Lipinski definition) is 1. The van der Waals surface area contributed by atoms with E-state index in [2.05, 4.69) is 4.98 Å². The number of hydrogen-bond acceptors (Lipinski definition) is 4. The van der Waals surface area contributed by atoms with Gasteiger partial charge in [0.05, 0.1) is 11.3 Å². The molecule has 0 aliphatic heterocycles. The standard InChI is InChI=1S/C14H17NO4/c1-6(2)11-12(14(16)17)19-13(15-11)10-7(3)8(4)18-9(10)5/h6H,1-5H3,(H,16,17). The van der Waals surface area contributed by atoms with Crippen molar-refractivity contribution >= 4 is 5.97 Å². The molecule has 0 saturated heterocycles. The lowest BCUT2D eigenvalue weighted by Gasteiger charge is -1.98. The summed E-state index contributed by atoms with van der Waals surface area (Å²) >= 11 is 0. The number of carbonyl (C=O) groups is 1. The highest BCUT2D eigenvalue weighted by molar-refractivity contribution is 5.86. The van der Waals surface area contributed by atoms with Crippen LogP contribution in [0, 0.1) is 20.8 Å². The topological polar surface area (TPSA) is 76.5 Å². The predicted octanol–water partition coefficient (Wildman–Crippen LogP) is 3.68. The highest BCUT2D eigenvalue weighted by Crippen LogP contribution is 2.33. The summed E-state index contributed by atoms with van der Waals surface area (Å²) in [6.07, 6.45) is 0. The van der Waals surface area contributed by atoms with Gasteiger partial charge in [-0.2, -0.15) is 0 Å². The van der Waals surface area contributed by atoms with Crippen LogP contribution < -0.4 is 0 Å². The summed E-state index contributed by atoms with van der Waals surface area (Å²) in [7, 11) is 0. The average molecular weight is 263 g/mol. The van der Waals surface area contributed by atoms with Crippen molar-refractivity contribution in [3.05, 3.63) is 28.5 Å². The van der Waals surface area contributed by atoms with Crippen molar-refractivity contribution in [3.8, 4) is 11.5 Å². The summed E-state index contributed by atoms with van der Waals surface area (Å²) in [6.45, 7) is 9.34. The predicted molar refractivity (Wildman–Crippen MR) is 69.5 cm³/mol. The first-order chi connectivity index (χ1) is 8.82. The summed E-state index contributed by atoms with van der Waals surface area (Å²) in [5, 5.41) is 9.16. The lowest BCUT2D eigenvalue weighted by atomic mass is 10.1. The number of aryl methyl sites for hydroxylation is 2. The molecule has 0 fully saturated rings. The van der Waals surface area contributed by atoms with E-state index in [1.165, 1.54) is 0 Å². The van der Waals surface area contributed by atoms with Gasteiger partial charge in [0.25, 0.3) is 0 Å². The van der Waals surface area contributed by atoms with Crippen molar-refractivity contribution in [2.45, 2.75) is 40.5 Å². The van der Waals surface area contributed by atoms with Gasteiger partial charge in [0.1, 0.15) is 11.5 Å². The maximum Gasteiger partial charge on any atom is 0.373 e. The highest BCUT2D eigenvalue weighted by atomic mass is 16.4. The first-order valence-corrected chi connectivity index (χ1v) is 6.13. The van der Waals surface area contributed by atoms with E-state index in [4.69, 9.17) is 13.9 Å². The number of aromatic nitrogens is 1. The zero-order chi connectivity index (χ0) is 14.3. The molecular formula is C14H17NO4. The third-order valence-corrected chi connectivity index (χ3v) is 3.17. The fourth-order valence-corrected chi connectivity index (χ4v) is 2.09. The molecule has 0 radical (unpaired) electrons. The molecule has 5 nitrogen and oxygen atoms in total. The molecule has 0 unspecified atom stereocenters. The monoisotopic (exact) mass is 263 g/mol. The second-order valence-corrected chi connectivity index (χ2v) is 4.91. The van der Waals surface area contributed by atoms with Gasteiger partial charge >= 0.3 is 5.97 Å². The number of aromatic carboxylic acids is 1. The van der Waals surface area contributed by atoms with Crippen molar-refractivity contribution in [3.63, 3.8) is 0 Å². The molecule has 2 aromatic heterocycles. The van der Waals surface area contributed by atoms with Gasteiger partial charge in [0.2, 0.25) is 11.7 Å². The van der Waals surface area contributed by atoms with Crippen molar-refractivity contribution in [1.29, 1.82) is 0 Å². The Morgan fingerprint density at radius 2 is 1.79 bits per heavy atom. The number of furan rings is 1.